The SMILES string of the molecule is O=C1[C@@H]2CCCN2[C@@]2(C(=O)Nc3ccc(Br)cc32)N1c1ccccn1. The zero-order valence-electron chi connectivity index (χ0n) is 13.3. The van der Waals surface area contributed by atoms with E-state index < -0.39 is 5.66 Å². The van der Waals surface area contributed by atoms with Crippen LogP contribution < -0.4 is 10.2 Å². The highest BCUT2D eigenvalue weighted by molar-refractivity contribution is 9.10. The number of fused-ring (bicyclic) bond motifs is 4. The average Bonchev–Trinajstić information content (AvgIpc) is 3.26. The van der Waals surface area contributed by atoms with Gasteiger partial charge in [0, 0.05) is 28.5 Å². The van der Waals surface area contributed by atoms with Crippen LogP contribution in [0, 0.1) is 0 Å². The summed E-state index contributed by atoms with van der Waals surface area (Å²) in [6, 6.07) is 10.8. The van der Waals surface area contributed by atoms with E-state index in [-0.39, 0.29) is 17.9 Å². The second-order valence-corrected chi connectivity index (χ2v) is 7.44. The Morgan fingerprint density at radius 3 is 2.92 bits per heavy atom. The minimum atomic E-state index is -1.16. The van der Waals surface area contributed by atoms with Crippen LogP contribution in [0.15, 0.2) is 47.1 Å². The van der Waals surface area contributed by atoms with E-state index in [2.05, 4.69) is 26.2 Å². The molecule has 2 fully saturated rings. The summed E-state index contributed by atoms with van der Waals surface area (Å²) >= 11 is 3.50. The van der Waals surface area contributed by atoms with E-state index >= 15 is 0 Å². The molecule has 1 aromatic heterocycles. The summed E-state index contributed by atoms with van der Waals surface area (Å²) in [5, 5.41) is 2.97. The maximum atomic E-state index is 13.2. The van der Waals surface area contributed by atoms with Gasteiger partial charge in [-0.3, -0.25) is 19.4 Å². The zero-order valence-corrected chi connectivity index (χ0v) is 14.9. The van der Waals surface area contributed by atoms with Crippen molar-refractivity contribution in [1.82, 2.24) is 9.88 Å². The molecular weight excluding hydrogens is 384 g/mol. The molecule has 4 heterocycles. The van der Waals surface area contributed by atoms with Gasteiger partial charge in [0.1, 0.15) is 5.82 Å². The van der Waals surface area contributed by atoms with Gasteiger partial charge in [-0.25, -0.2) is 4.98 Å². The van der Waals surface area contributed by atoms with Gasteiger partial charge in [0.2, 0.25) is 11.6 Å². The van der Waals surface area contributed by atoms with E-state index in [1.807, 2.05) is 29.2 Å². The Morgan fingerprint density at radius 1 is 1.24 bits per heavy atom. The first kappa shape index (κ1) is 15.0. The maximum absolute atomic E-state index is 13.2. The number of aromatic nitrogens is 1. The Kier molecular flexibility index (Phi) is 3.08. The lowest BCUT2D eigenvalue weighted by molar-refractivity contribution is -0.126. The normalized spacial score (nSPS) is 27.7. The molecule has 2 amide bonds. The number of nitrogens with one attached hydrogen (secondary N) is 1. The third kappa shape index (κ3) is 1.79. The van der Waals surface area contributed by atoms with E-state index in [9.17, 15) is 9.59 Å². The molecule has 3 aliphatic heterocycles. The smallest absolute Gasteiger partial charge is 0.271 e. The van der Waals surface area contributed by atoms with Crippen molar-refractivity contribution < 1.29 is 9.59 Å². The molecular formula is C18H15BrN4O2. The van der Waals surface area contributed by atoms with Gasteiger partial charge in [-0.1, -0.05) is 22.0 Å². The Morgan fingerprint density at radius 2 is 2.12 bits per heavy atom. The molecule has 2 aromatic rings. The van der Waals surface area contributed by atoms with Crippen molar-refractivity contribution >= 4 is 39.2 Å². The van der Waals surface area contributed by atoms with Crippen LogP contribution in [0.3, 0.4) is 0 Å². The largest absolute Gasteiger partial charge is 0.322 e. The van der Waals surface area contributed by atoms with E-state index in [1.54, 1.807) is 23.2 Å². The van der Waals surface area contributed by atoms with Crippen molar-refractivity contribution in [2.75, 3.05) is 16.8 Å². The number of hydrogen-bond donors (Lipinski definition) is 1. The highest BCUT2D eigenvalue weighted by atomic mass is 79.9. The number of halogens is 1. The standard InChI is InChI=1S/C18H15BrN4O2/c19-11-6-7-13-12(10-11)18(17(25)21-13)22-9-3-4-14(22)16(24)23(18)15-5-1-2-8-20-15/h1-2,5-8,10,14H,3-4,9H2,(H,21,25)/t14-,18+/m0/s1. The molecule has 2 atom stereocenters. The predicted octanol–water partition coefficient (Wildman–Crippen LogP) is 2.46. The second kappa shape index (κ2) is 5.12. The third-order valence-electron chi connectivity index (χ3n) is 5.30. The number of rotatable bonds is 1. The van der Waals surface area contributed by atoms with Gasteiger partial charge >= 0.3 is 0 Å². The lowest BCUT2D eigenvalue weighted by Gasteiger charge is -2.37. The monoisotopic (exact) mass is 398 g/mol. The minimum Gasteiger partial charge on any atom is -0.322 e. The van der Waals surface area contributed by atoms with Crippen molar-refractivity contribution in [2.45, 2.75) is 24.5 Å². The van der Waals surface area contributed by atoms with Gasteiger partial charge in [0.25, 0.3) is 5.91 Å². The fraction of sp³-hybridized carbons (Fsp3) is 0.278. The maximum Gasteiger partial charge on any atom is 0.271 e. The Balaban J connectivity index is 1.81. The molecule has 1 aromatic carbocycles. The van der Waals surface area contributed by atoms with Gasteiger partial charge in [0.05, 0.1) is 6.04 Å². The highest BCUT2D eigenvalue weighted by Crippen LogP contribution is 2.52. The minimum absolute atomic E-state index is 0.0563. The van der Waals surface area contributed by atoms with Gasteiger partial charge in [-0.05, 0) is 43.2 Å². The average molecular weight is 399 g/mol. The van der Waals surface area contributed by atoms with Gasteiger partial charge in [-0.15, -0.1) is 0 Å². The molecule has 126 valence electrons. The zero-order chi connectivity index (χ0) is 17.2. The van der Waals surface area contributed by atoms with Crippen LogP contribution in [0.1, 0.15) is 18.4 Å². The summed E-state index contributed by atoms with van der Waals surface area (Å²) in [6.07, 6.45) is 3.32. The molecule has 0 unspecified atom stereocenters. The van der Waals surface area contributed by atoms with Crippen LogP contribution in [-0.4, -0.2) is 34.3 Å². The molecule has 3 aliphatic rings. The lowest BCUT2D eigenvalue weighted by Crippen LogP contribution is -2.56. The fourth-order valence-electron chi connectivity index (χ4n) is 4.37. The second-order valence-electron chi connectivity index (χ2n) is 6.53. The van der Waals surface area contributed by atoms with E-state index in [0.717, 1.165) is 28.6 Å². The van der Waals surface area contributed by atoms with Crippen molar-refractivity contribution in [2.24, 2.45) is 0 Å². The Hall–Kier alpha value is -2.25. The summed E-state index contributed by atoms with van der Waals surface area (Å²) in [5.74, 6) is 0.257. The lowest BCUT2D eigenvalue weighted by atomic mass is 9.98. The number of nitrogens with zero attached hydrogens (tertiary/aromatic N) is 3. The predicted molar refractivity (Wildman–Crippen MR) is 95.9 cm³/mol. The first-order chi connectivity index (χ1) is 12.1. The molecule has 25 heavy (non-hydrogen) atoms. The van der Waals surface area contributed by atoms with Crippen molar-refractivity contribution in [3.8, 4) is 0 Å². The molecule has 7 heteroatoms. The molecule has 5 rings (SSSR count). The van der Waals surface area contributed by atoms with Crippen molar-refractivity contribution in [3.05, 3.63) is 52.6 Å². The number of pyridine rings is 1. The number of hydrogen-bond acceptors (Lipinski definition) is 4. The number of amides is 2. The highest BCUT2D eigenvalue weighted by Gasteiger charge is 2.67. The quantitative estimate of drug-likeness (QED) is 0.800. The first-order valence-electron chi connectivity index (χ1n) is 8.27. The molecule has 1 N–H and O–H groups in total. The van der Waals surface area contributed by atoms with Crippen LogP contribution in [-0.2, 0) is 15.3 Å². The molecule has 1 spiro atoms. The third-order valence-corrected chi connectivity index (χ3v) is 5.79. The molecule has 0 saturated carbocycles. The van der Waals surface area contributed by atoms with E-state index in [0.29, 0.717) is 12.4 Å². The Bertz CT molecular complexity index is 903. The number of anilines is 2. The van der Waals surface area contributed by atoms with Crippen molar-refractivity contribution in [3.63, 3.8) is 0 Å². The van der Waals surface area contributed by atoms with Gasteiger partial charge < -0.3 is 5.32 Å². The van der Waals surface area contributed by atoms with E-state index in [1.165, 1.54) is 0 Å². The van der Waals surface area contributed by atoms with Crippen molar-refractivity contribution in [1.29, 1.82) is 0 Å². The van der Waals surface area contributed by atoms with Crippen LogP contribution in [0.4, 0.5) is 11.5 Å². The number of benzene rings is 1. The topological polar surface area (TPSA) is 65.5 Å². The number of carbonyl (C=O) groups is 2. The van der Waals surface area contributed by atoms with Crippen LogP contribution in [0.5, 0.6) is 0 Å². The summed E-state index contributed by atoms with van der Waals surface area (Å²) in [6.45, 7) is 0.707. The molecule has 0 bridgehead atoms. The molecule has 2 saturated heterocycles. The fourth-order valence-corrected chi connectivity index (χ4v) is 4.73. The molecule has 6 nitrogen and oxygen atoms in total. The summed E-state index contributed by atoms with van der Waals surface area (Å²) < 4.78 is 0.873. The molecule has 0 radical (unpaired) electrons. The Labute approximate surface area is 153 Å². The summed E-state index contributed by atoms with van der Waals surface area (Å²) in [4.78, 5) is 34.5. The molecule has 0 aliphatic carbocycles. The van der Waals surface area contributed by atoms with Crippen LogP contribution >= 0.6 is 15.9 Å². The van der Waals surface area contributed by atoms with Gasteiger partial charge in [0.15, 0.2) is 0 Å². The summed E-state index contributed by atoms with van der Waals surface area (Å²) in [7, 11) is 0. The first-order valence-corrected chi connectivity index (χ1v) is 9.06. The van der Waals surface area contributed by atoms with Gasteiger partial charge in [-0.2, -0.15) is 0 Å². The van der Waals surface area contributed by atoms with Crippen LogP contribution in [0.25, 0.3) is 0 Å². The summed E-state index contributed by atoms with van der Waals surface area (Å²) in [5.41, 5.74) is 0.385. The van der Waals surface area contributed by atoms with E-state index in [4.69, 9.17) is 0 Å². The number of carbonyl (C=O) groups excluding carboxylic acids is 2. The van der Waals surface area contributed by atoms with Crippen LogP contribution in [0.2, 0.25) is 0 Å².